The molecule has 1 aromatic rings. The summed E-state index contributed by atoms with van der Waals surface area (Å²) in [4.78, 5) is 24.6. The Labute approximate surface area is 173 Å². The normalized spacial score (nSPS) is 16.1. The quantitative estimate of drug-likeness (QED) is 0.611. The number of hydrogen-bond acceptors (Lipinski definition) is 5. The molecule has 3 N–H and O–H groups in total. The Hall–Kier alpha value is -1.64. The van der Waals surface area contributed by atoms with Crippen molar-refractivity contribution in [2.75, 3.05) is 24.7 Å². The average Bonchev–Trinajstić information content (AvgIpc) is 2.59. The molecule has 0 aliphatic carbocycles. The lowest BCUT2D eigenvalue weighted by atomic mass is 9.95. The summed E-state index contributed by atoms with van der Waals surface area (Å²) >= 11 is 0. The molecule has 158 valence electrons. The number of rotatable bonds is 7. The molecule has 1 fully saturated rings. The van der Waals surface area contributed by atoms with E-state index in [1.165, 1.54) is 0 Å². The van der Waals surface area contributed by atoms with E-state index in [1.807, 2.05) is 19.9 Å². The topological polar surface area (TPSA) is 104 Å². The second-order valence-corrected chi connectivity index (χ2v) is 9.87. The van der Waals surface area contributed by atoms with Gasteiger partial charge in [-0.15, -0.1) is 12.4 Å². The van der Waals surface area contributed by atoms with Gasteiger partial charge in [0, 0.05) is 24.9 Å². The molecule has 0 radical (unpaired) electrons. The summed E-state index contributed by atoms with van der Waals surface area (Å²) in [6.45, 7) is 5.15. The van der Waals surface area contributed by atoms with Gasteiger partial charge in [0.25, 0.3) is 0 Å². The first-order valence-corrected chi connectivity index (χ1v) is 11.1. The summed E-state index contributed by atoms with van der Waals surface area (Å²) in [5, 5.41) is 8.71. The molecule has 0 saturated carbocycles. The maximum atomic E-state index is 12.7. The lowest BCUT2D eigenvalue weighted by Crippen LogP contribution is -2.57. The number of halogens is 1. The first kappa shape index (κ1) is 24.4. The van der Waals surface area contributed by atoms with Gasteiger partial charge in [-0.25, -0.2) is 8.42 Å². The number of nitrogens with one attached hydrogen (secondary N) is 3. The van der Waals surface area contributed by atoms with Crippen LogP contribution in [0.4, 0.5) is 5.69 Å². The van der Waals surface area contributed by atoms with Crippen molar-refractivity contribution in [1.29, 1.82) is 0 Å². The van der Waals surface area contributed by atoms with E-state index in [0.717, 1.165) is 11.8 Å². The van der Waals surface area contributed by atoms with Gasteiger partial charge in [0.05, 0.1) is 0 Å². The van der Waals surface area contributed by atoms with Gasteiger partial charge >= 0.3 is 0 Å². The van der Waals surface area contributed by atoms with Crippen molar-refractivity contribution >= 4 is 39.7 Å². The SMILES string of the molecule is CC(C)CC(=O)Nc1cccc(CNC(=O)C2(S(C)(=O)=O)CCNCC2)c1.Cl. The third-order valence-electron chi connectivity index (χ3n) is 4.79. The lowest BCUT2D eigenvalue weighted by Gasteiger charge is -2.34. The molecule has 1 saturated heterocycles. The van der Waals surface area contributed by atoms with Gasteiger partial charge in [-0.1, -0.05) is 26.0 Å². The van der Waals surface area contributed by atoms with E-state index >= 15 is 0 Å². The zero-order valence-electron chi connectivity index (χ0n) is 16.6. The van der Waals surface area contributed by atoms with Crippen LogP contribution in [0.15, 0.2) is 24.3 Å². The van der Waals surface area contributed by atoms with E-state index in [2.05, 4.69) is 16.0 Å². The summed E-state index contributed by atoms with van der Waals surface area (Å²) < 4.78 is 23.2. The number of sulfone groups is 1. The maximum absolute atomic E-state index is 12.7. The summed E-state index contributed by atoms with van der Waals surface area (Å²) in [5.41, 5.74) is 1.45. The number of carbonyl (C=O) groups excluding carboxylic acids is 2. The number of benzene rings is 1. The van der Waals surface area contributed by atoms with Crippen molar-refractivity contribution in [1.82, 2.24) is 10.6 Å². The first-order chi connectivity index (χ1) is 12.6. The number of piperidine rings is 1. The Morgan fingerprint density at radius 2 is 1.86 bits per heavy atom. The first-order valence-electron chi connectivity index (χ1n) is 9.21. The molecule has 1 aliphatic rings. The molecule has 0 unspecified atom stereocenters. The lowest BCUT2D eigenvalue weighted by molar-refractivity contribution is -0.124. The maximum Gasteiger partial charge on any atom is 0.241 e. The Bertz CT molecular complexity index is 790. The van der Waals surface area contributed by atoms with Gasteiger partial charge < -0.3 is 16.0 Å². The molecular formula is C19H30ClN3O4S. The van der Waals surface area contributed by atoms with Crippen molar-refractivity contribution < 1.29 is 18.0 Å². The molecule has 1 heterocycles. The summed E-state index contributed by atoms with van der Waals surface area (Å²) in [7, 11) is -3.54. The van der Waals surface area contributed by atoms with Gasteiger partial charge in [-0.05, 0) is 49.5 Å². The van der Waals surface area contributed by atoms with Crippen LogP contribution in [0.5, 0.6) is 0 Å². The predicted molar refractivity (Wildman–Crippen MR) is 113 cm³/mol. The minimum absolute atomic E-state index is 0. The molecule has 2 rings (SSSR count). The fraction of sp³-hybridized carbons (Fsp3) is 0.579. The third-order valence-corrected chi connectivity index (χ3v) is 6.81. The van der Waals surface area contributed by atoms with Crippen molar-refractivity contribution in [3.8, 4) is 0 Å². The Morgan fingerprint density at radius 1 is 1.21 bits per heavy atom. The molecule has 0 atom stereocenters. The van der Waals surface area contributed by atoms with Crippen LogP contribution in [-0.4, -0.2) is 44.3 Å². The van der Waals surface area contributed by atoms with Gasteiger partial charge in [-0.3, -0.25) is 9.59 Å². The molecule has 7 nitrogen and oxygen atoms in total. The van der Waals surface area contributed by atoms with Crippen molar-refractivity contribution in [2.24, 2.45) is 5.92 Å². The Morgan fingerprint density at radius 3 is 2.43 bits per heavy atom. The number of hydrogen-bond donors (Lipinski definition) is 3. The largest absolute Gasteiger partial charge is 0.351 e. The molecule has 9 heteroatoms. The molecule has 2 amide bonds. The van der Waals surface area contributed by atoms with E-state index in [0.29, 0.717) is 25.2 Å². The highest BCUT2D eigenvalue weighted by molar-refractivity contribution is 7.92. The monoisotopic (exact) mass is 431 g/mol. The summed E-state index contributed by atoms with van der Waals surface area (Å²) in [6, 6.07) is 7.19. The summed E-state index contributed by atoms with van der Waals surface area (Å²) in [6.07, 6.45) is 2.10. The van der Waals surface area contributed by atoms with Crippen LogP contribution in [0, 0.1) is 5.92 Å². The standard InChI is InChI=1S/C19H29N3O4S.ClH/c1-14(2)11-17(23)22-16-6-4-5-15(12-16)13-21-18(24)19(27(3,25)26)7-9-20-10-8-19;/h4-6,12,14,20H,7-11,13H2,1-3H3,(H,21,24)(H,22,23);1H. The van der Waals surface area contributed by atoms with E-state index in [-0.39, 0.29) is 43.6 Å². The van der Waals surface area contributed by atoms with Gasteiger partial charge in [0.15, 0.2) is 14.6 Å². The zero-order chi connectivity index (χ0) is 20.1. The van der Waals surface area contributed by atoms with Crippen LogP contribution in [0.25, 0.3) is 0 Å². The molecule has 1 aliphatic heterocycles. The molecule has 0 bridgehead atoms. The smallest absolute Gasteiger partial charge is 0.241 e. The second kappa shape index (κ2) is 10.2. The molecule has 28 heavy (non-hydrogen) atoms. The van der Waals surface area contributed by atoms with Crippen LogP contribution in [0.2, 0.25) is 0 Å². The average molecular weight is 432 g/mol. The highest BCUT2D eigenvalue weighted by atomic mass is 35.5. The van der Waals surface area contributed by atoms with Crippen molar-refractivity contribution in [2.45, 2.75) is 44.4 Å². The van der Waals surface area contributed by atoms with Crippen LogP contribution < -0.4 is 16.0 Å². The minimum Gasteiger partial charge on any atom is -0.351 e. The summed E-state index contributed by atoms with van der Waals surface area (Å²) in [5.74, 6) is -0.248. The number of carbonyl (C=O) groups is 2. The number of amides is 2. The highest BCUT2D eigenvalue weighted by Crippen LogP contribution is 2.28. The van der Waals surface area contributed by atoms with Crippen molar-refractivity contribution in [3.05, 3.63) is 29.8 Å². The zero-order valence-corrected chi connectivity index (χ0v) is 18.2. The van der Waals surface area contributed by atoms with Gasteiger partial charge in [0.1, 0.15) is 0 Å². The minimum atomic E-state index is -3.54. The second-order valence-electron chi connectivity index (χ2n) is 7.55. The van der Waals surface area contributed by atoms with E-state index in [9.17, 15) is 18.0 Å². The molecule has 1 aromatic carbocycles. The van der Waals surface area contributed by atoms with E-state index in [4.69, 9.17) is 0 Å². The number of anilines is 1. The molecule has 0 aromatic heterocycles. The van der Waals surface area contributed by atoms with Crippen LogP contribution in [-0.2, 0) is 26.0 Å². The Kier molecular flexibility index (Phi) is 8.91. The molecule has 0 spiro atoms. The third kappa shape index (κ3) is 6.18. The van der Waals surface area contributed by atoms with Crippen molar-refractivity contribution in [3.63, 3.8) is 0 Å². The van der Waals surface area contributed by atoms with Crippen LogP contribution >= 0.6 is 12.4 Å². The van der Waals surface area contributed by atoms with E-state index < -0.39 is 20.5 Å². The highest BCUT2D eigenvalue weighted by Gasteiger charge is 2.48. The van der Waals surface area contributed by atoms with Gasteiger partial charge in [0.2, 0.25) is 11.8 Å². The fourth-order valence-corrected chi connectivity index (χ4v) is 4.64. The van der Waals surface area contributed by atoms with Gasteiger partial charge in [-0.2, -0.15) is 0 Å². The molecular weight excluding hydrogens is 402 g/mol. The van der Waals surface area contributed by atoms with Crippen LogP contribution in [0.1, 0.15) is 38.7 Å². The van der Waals surface area contributed by atoms with E-state index in [1.54, 1.807) is 18.2 Å². The van der Waals surface area contributed by atoms with Crippen LogP contribution in [0.3, 0.4) is 0 Å². The Balaban J connectivity index is 0.00000392. The predicted octanol–water partition coefficient (Wildman–Crippen LogP) is 1.88. The fourth-order valence-electron chi connectivity index (χ4n) is 3.28.